The van der Waals surface area contributed by atoms with Gasteiger partial charge < -0.3 is 5.11 Å². The summed E-state index contributed by atoms with van der Waals surface area (Å²) in [7, 11) is 0. The lowest BCUT2D eigenvalue weighted by atomic mass is 10.0. The quantitative estimate of drug-likeness (QED) is 0.599. The Morgan fingerprint density at radius 2 is 2.07 bits per heavy atom. The monoisotopic (exact) mass is 202 g/mol. The van der Waals surface area contributed by atoms with E-state index in [0.29, 0.717) is 18.4 Å². The molecular formula is C13H14O2. The first-order valence-electron chi connectivity index (χ1n) is 4.92. The molecule has 78 valence electrons. The van der Waals surface area contributed by atoms with Crippen LogP contribution in [0.2, 0.25) is 0 Å². The Hall–Kier alpha value is -1.59. The van der Waals surface area contributed by atoms with Crippen LogP contribution in [0.4, 0.5) is 0 Å². The highest BCUT2D eigenvalue weighted by molar-refractivity contribution is 5.95. The van der Waals surface area contributed by atoms with Crippen LogP contribution in [0.5, 0.6) is 0 Å². The first kappa shape index (κ1) is 11.5. The van der Waals surface area contributed by atoms with E-state index in [2.05, 4.69) is 11.8 Å². The molecule has 1 N–H and O–H groups in total. The standard InChI is InChI=1S/C13H14O2/c1-2-6-12(14)9-10-13(15)11-7-4-3-5-8-11/h3-5,7-8,12,14H,9-10H2,1H3. The lowest BCUT2D eigenvalue weighted by Gasteiger charge is -2.02. The molecule has 2 nitrogen and oxygen atoms in total. The van der Waals surface area contributed by atoms with Gasteiger partial charge in [-0.05, 0) is 13.3 Å². The maximum absolute atomic E-state index is 11.6. The van der Waals surface area contributed by atoms with Crippen molar-refractivity contribution >= 4 is 5.78 Å². The number of carbonyl (C=O) groups excluding carboxylic acids is 1. The topological polar surface area (TPSA) is 37.3 Å². The van der Waals surface area contributed by atoms with Crippen LogP contribution in [-0.4, -0.2) is 17.0 Å². The van der Waals surface area contributed by atoms with Crippen molar-refractivity contribution in [2.45, 2.75) is 25.9 Å². The number of rotatable bonds is 4. The average molecular weight is 202 g/mol. The third-order valence-corrected chi connectivity index (χ3v) is 2.05. The molecule has 1 atom stereocenters. The van der Waals surface area contributed by atoms with Crippen LogP contribution in [0.3, 0.4) is 0 Å². The van der Waals surface area contributed by atoms with Crippen molar-refractivity contribution in [1.82, 2.24) is 0 Å². The predicted octanol–water partition coefficient (Wildman–Crippen LogP) is 2.03. The van der Waals surface area contributed by atoms with E-state index in [0.717, 1.165) is 0 Å². The van der Waals surface area contributed by atoms with E-state index < -0.39 is 6.10 Å². The van der Waals surface area contributed by atoms with E-state index in [9.17, 15) is 9.90 Å². The van der Waals surface area contributed by atoms with Gasteiger partial charge in [-0.2, -0.15) is 0 Å². The van der Waals surface area contributed by atoms with Crippen molar-refractivity contribution in [2.75, 3.05) is 0 Å². The minimum absolute atomic E-state index is 0.0487. The molecule has 0 aliphatic rings. The first-order valence-corrected chi connectivity index (χ1v) is 4.92. The SMILES string of the molecule is CC#CC(O)CCC(=O)c1ccccc1. The van der Waals surface area contributed by atoms with Gasteiger partial charge >= 0.3 is 0 Å². The maximum Gasteiger partial charge on any atom is 0.163 e. The predicted molar refractivity (Wildman–Crippen MR) is 59.5 cm³/mol. The molecule has 1 aromatic carbocycles. The van der Waals surface area contributed by atoms with E-state index in [4.69, 9.17) is 0 Å². The fourth-order valence-electron chi connectivity index (χ4n) is 1.27. The Balaban J connectivity index is 2.46. The van der Waals surface area contributed by atoms with Gasteiger partial charge in [0, 0.05) is 12.0 Å². The second kappa shape index (κ2) is 6.00. The van der Waals surface area contributed by atoms with Crippen LogP contribution < -0.4 is 0 Å². The zero-order chi connectivity index (χ0) is 11.1. The van der Waals surface area contributed by atoms with Gasteiger partial charge in [-0.1, -0.05) is 36.3 Å². The molecule has 1 unspecified atom stereocenters. The number of hydrogen-bond donors (Lipinski definition) is 1. The van der Waals surface area contributed by atoms with E-state index in [1.54, 1.807) is 19.1 Å². The molecular weight excluding hydrogens is 188 g/mol. The smallest absolute Gasteiger partial charge is 0.163 e. The van der Waals surface area contributed by atoms with E-state index >= 15 is 0 Å². The molecule has 0 bridgehead atoms. The van der Waals surface area contributed by atoms with Crippen LogP contribution in [0.25, 0.3) is 0 Å². The van der Waals surface area contributed by atoms with Crippen molar-refractivity contribution in [3.05, 3.63) is 35.9 Å². The fourth-order valence-corrected chi connectivity index (χ4v) is 1.27. The van der Waals surface area contributed by atoms with E-state index in [-0.39, 0.29) is 5.78 Å². The first-order chi connectivity index (χ1) is 7.24. The fraction of sp³-hybridized carbons (Fsp3) is 0.308. The molecule has 0 aliphatic heterocycles. The second-order valence-electron chi connectivity index (χ2n) is 3.24. The Morgan fingerprint density at radius 3 is 2.67 bits per heavy atom. The molecule has 0 amide bonds. The molecule has 1 aromatic rings. The number of Topliss-reactive ketones (excluding diaryl/α,β-unsaturated/α-hetero) is 1. The largest absolute Gasteiger partial charge is 0.380 e. The van der Waals surface area contributed by atoms with Gasteiger partial charge in [-0.25, -0.2) is 0 Å². The number of hydrogen-bond acceptors (Lipinski definition) is 2. The van der Waals surface area contributed by atoms with Crippen molar-refractivity contribution in [1.29, 1.82) is 0 Å². The van der Waals surface area contributed by atoms with Crippen LogP contribution in [-0.2, 0) is 0 Å². The molecule has 15 heavy (non-hydrogen) atoms. The van der Waals surface area contributed by atoms with Crippen LogP contribution in [0, 0.1) is 11.8 Å². The Labute approximate surface area is 89.9 Å². The van der Waals surface area contributed by atoms with Crippen LogP contribution in [0.15, 0.2) is 30.3 Å². The highest BCUT2D eigenvalue weighted by atomic mass is 16.3. The summed E-state index contributed by atoms with van der Waals surface area (Å²) < 4.78 is 0. The number of carbonyl (C=O) groups is 1. The summed E-state index contributed by atoms with van der Waals surface area (Å²) in [6.45, 7) is 1.67. The molecule has 0 saturated carbocycles. The minimum atomic E-state index is -0.692. The van der Waals surface area contributed by atoms with Gasteiger partial charge in [-0.3, -0.25) is 4.79 Å². The highest BCUT2D eigenvalue weighted by Gasteiger charge is 2.07. The summed E-state index contributed by atoms with van der Waals surface area (Å²) in [6.07, 6.45) is 0.0386. The molecule has 0 aliphatic carbocycles. The number of aliphatic hydroxyl groups is 1. The molecule has 2 heteroatoms. The third kappa shape index (κ3) is 3.97. The molecule has 0 heterocycles. The lowest BCUT2D eigenvalue weighted by molar-refractivity contribution is 0.0961. The van der Waals surface area contributed by atoms with Crippen molar-refractivity contribution in [3.8, 4) is 11.8 Å². The zero-order valence-electron chi connectivity index (χ0n) is 8.73. The molecule has 0 aromatic heterocycles. The molecule has 0 saturated heterocycles. The Morgan fingerprint density at radius 1 is 1.40 bits per heavy atom. The highest BCUT2D eigenvalue weighted by Crippen LogP contribution is 2.06. The molecule has 0 spiro atoms. The minimum Gasteiger partial charge on any atom is -0.380 e. The van der Waals surface area contributed by atoms with Crippen molar-refractivity contribution in [2.24, 2.45) is 0 Å². The maximum atomic E-state index is 11.6. The van der Waals surface area contributed by atoms with E-state index in [1.807, 2.05) is 18.2 Å². The van der Waals surface area contributed by atoms with Gasteiger partial charge in [0.15, 0.2) is 5.78 Å². The van der Waals surface area contributed by atoms with Gasteiger partial charge in [0.2, 0.25) is 0 Å². The summed E-state index contributed by atoms with van der Waals surface area (Å²) >= 11 is 0. The summed E-state index contributed by atoms with van der Waals surface area (Å²) in [5, 5.41) is 9.32. The second-order valence-corrected chi connectivity index (χ2v) is 3.24. The van der Waals surface area contributed by atoms with Crippen molar-refractivity contribution in [3.63, 3.8) is 0 Å². The normalized spacial score (nSPS) is 11.3. The summed E-state index contributed by atoms with van der Waals surface area (Å²) in [5.74, 6) is 5.27. The summed E-state index contributed by atoms with van der Waals surface area (Å²) in [5.41, 5.74) is 0.689. The molecule has 0 radical (unpaired) electrons. The zero-order valence-corrected chi connectivity index (χ0v) is 8.73. The van der Waals surface area contributed by atoms with Crippen LogP contribution >= 0.6 is 0 Å². The van der Waals surface area contributed by atoms with Crippen LogP contribution in [0.1, 0.15) is 30.1 Å². The summed E-state index contributed by atoms with van der Waals surface area (Å²) in [6, 6.07) is 9.08. The molecule has 1 rings (SSSR count). The average Bonchev–Trinajstić information content (AvgIpc) is 2.27. The van der Waals surface area contributed by atoms with Gasteiger partial charge in [0.1, 0.15) is 6.10 Å². The number of benzene rings is 1. The van der Waals surface area contributed by atoms with Crippen molar-refractivity contribution < 1.29 is 9.90 Å². The Bertz CT molecular complexity index is 371. The van der Waals surface area contributed by atoms with Gasteiger partial charge in [-0.15, -0.1) is 5.92 Å². The molecule has 0 fully saturated rings. The van der Waals surface area contributed by atoms with Gasteiger partial charge in [0.05, 0.1) is 0 Å². The van der Waals surface area contributed by atoms with Gasteiger partial charge in [0.25, 0.3) is 0 Å². The third-order valence-electron chi connectivity index (χ3n) is 2.05. The van der Waals surface area contributed by atoms with E-state index in [1.165, 1.54) is 0 Å². The number of ketones is 1. The summed E-state index contributed by atoms with van der Waals surface area (Å²) in [4.78, 5) is 11.6. The number of aliphatic hydroxyl groups excluding tert-OH is 1. The Kier molecular flexibility index (Phi) is 4.59. The lowest BCUT2D eigenvalue weighted by Crippen LogP contribution is -2.07.